The summed E-state index contributed by atoms with van der Waals surface area (Å²) in [6.45, 7) is 3.63. The summed E-state index contributed by atoms with van der Waals surface area (Å²) in [7, 11) is 0. The summed E-state index contributed by atoms with van der Waals surface area (Å²) in [4.78, 5) is 4.07. The van der Waals surface area contributed by atoms with Crippen LogP contribution in [-0.2, 0) is 6.18 Å². The minimum Gasteiger partial charge on any atom is -0.264 e. The number of hydrogen-bond donors (Lipinski definition) is 0. The second-order valence-electron chi connectivity index (χ2n) is 7.90. The molecule has 0 radical (unpaired) electrons. The molecule has 0 unspecified atom stereocenters. The lowest BCUT2D eigenvalue weighted by Crippen LogP contribution is -2.03. The van der Waals surface area contributed by atoms with E-state index in [1.165, 1.54) is 12.1 Å². The van der Waals surface area contributed by atoms with E-state index in [4.69, 9.17) is 0 Å². The first-order chi connectivity index (χ1) is 17.4. The van der Waals surface area contributed by atoms with Gasteiger partial charge in [0.15, 0.2) is 0 Å². The number of azo groups is 2. The summed E-state index contributed by atoms with van der Waals surface area (Å²) < 4.78 is 38.4. The molecule has 36 heavy (non-hydrogen) atoms. The maximum atomic E-state index is 12.8. The van der Waals surface area contributed by atoms with Crippen molar-refractivity contribution in [3.8, 4) is 0 Å². The van der Waals surface area contributed by atoms with Crippen molar-refractivity contribution >= 4 is 56.7 Å². The molecule has 0 spiro atoms. The van der Waals surface area contributed by atoms with E-state index in [2.05, 4.69) is 32.2 Å². The highest BCUT2D eigenvalue weighted by molar-refractivity contribution is 6.01. The van der Waals surface area contributed by atoms with Crippen LogP contribution in [0.15, 0.2) is 123 Å². The Hall–Kier alpha value is -4.72. The first-order valence-corrected chi connectivity index (χ1v) is 10.9. The van der Waals surface area contributed by atoms with Crippen LogP contribution in [0.4, 0.5) is 41.6 Å². The van der Waals surface area contributed by atoms with Gasteiger partial charge in [-0.3, -0.25) is 4.99 Å². The van der Waals surface area contributed by atoms with Gasteiger partial charge in [-0.15, -0.1) is 15.3 Å². The van der Waals surface area contributed by atoms with E-state index in [-0.39, 0.29) is 0 Å². The lowest BCUT2D eigenvalue weighted by Gasteiger charge is -2.06. The molecule has 0 aromatic heterocycles. The molecule has 5 nitrogen and oxygen atoms in total. The molecule has 0 atom stereocenters. The molecule has 0 bridgehead atoms. The van der Waals surface area contributed by atoms with Crippen LogP contribution in [0.1, 0.15) is 5.56 Å². The van der Waals surface area contributed by atoms with Crippen LogP contribution < -0.4 is 0 Å². The van der Waals surface area contributed by atoms with Crippen molar-refractivity contribution in [2.75, 3.05) is 0 Å². The molecular formula is C28H18F3N5. The monoisotopic (exact) mass is 481 g/mol. The summed E-state index contributed by atoms with van der Waals surface area (Å²) in [5.74, 6) is 0. The average molecular weight is 481 g/mol. The van der Waals surface area contributed by atoms with Crippen molar-refractivity contribution in [2.24, 2.45) is 25.4 Å². The summed E-state index contributed by atoms with van der Waals surface area (Å²) in [5, 5.41) is 20.8. The first-order valence-electron chi connectivity index (χ1n) is 10.9. The molecule has 0 saturated heterocycles. The van der Waals surface area contributed by atoms with Gasteiger partial charge in [0.25, 0.3) is 0 Å². The highest BCUT2D eigenvalue weighted by Gasteiger charge is 2.29. The number of benzene rings is 5. The minimum absolute atomic E-state index is 0.320. The third kappa shape index (κ3) is 4.61. The van der Waals surface area contributed by atoms with Gasteiger partial charge in [0.05, 0.1) is 34.0 Å². The zero-order valence-corrected chi connectivity index (χ0v) is 18.8. The predicted octanol–water partition coefficient (Wildman–Crippen LogP) is 10.2. The SMILES string of the molecule is C=Nc1ccc(/N=N/c2ccc(/N=N/c3ccc(C(F)(F)F)cc3)c3ccccc23)c2ccccc12. The topological polar surface area (TPSA) is 61.8 Å². The number of hydrogen-bond acceptors (Lipinski definition) is 5. The van der Waals surface area contributed by atoms with Crippen molar-refractivity contribution < 1.29 is 13.2 Å². The highest BCUT2D eigenvalue weighted by atomic mass is 19.4. The van der Waals surface area contributed by atoms with Gasteiger partial charge in [-0.25, -0.2) is 0 Å². The molecule has 0 aliphatic carbocycles. The Balaban J connectivity index is 1.48. The van der Waals surface area contributed by atoms with E-state index < -0.39 is 11.7 Å². The predicted molar refractivity (Wildman–Crippen MR) is 137 cm³/mol. The quantitative estimate of drug-likeness (QED) is 0.177. The van der Waals surface area contributed by atoms with Crippen LogP contribution in [0.2, 0.25) is 0 Å². The van der Waals surface area contributed by atoms with Gasteiger partial charge >= 0.3 is 6.18 Å². The molecule has 0 aliphatic rings. The molecule has 0 heterocycles. The van der Waals surface area contributed by atoms with Crippen molar-refractivity contribution in [2.45, 2.75) is 6.18 Å². The molecule has 8 heteroatoms. The van der Waals surface area contributed by atoms with Crippen molar-refractivity contribution in [3.05, 3.63) is 103 Å². The lowest BCUT2D eigenvalue weighted by molar-refractivity contribution is -0.137. The molecule has 0 fully saturated rings. The molecule has 176 valence electrons. The molecule has 0 amide bonds. The third-order valence-electron chi connectivity index (χ3n) is 5.66. The normalized spacial score (nSPS) is 12.2. The van der Waals surface area contributed by atoms with Crippen LogP contribution in [0.5, 0.6) is 0 Å². The number of rotatable bonds is 5. The Labute approximate surface area is 204 Å². The molecule has 0 aliphatic heterocycles. The van der Waals surface area contributed by atoms with Crippen molar-refractivity contribution in [3.63, 3.8) is 0 Å². The molecule has 0 saturated carbocycles. The van der Waals surface area contributed by atoms with Gasteiger partial charge < -0.3 is 0 Å². The van der Waals surface area contributed by atoms with Gasteiger partial charge in [0, 0.05) is 21.5 Å². The van der Waals surface area contributed by atoms with E-state index in [1.807, 2.05) is 60.7 Å². The smallest absolute Gasteiger partial charge is 0.264 e. The standard InChI is InChI=1S/C28H18F3N5/c1-32-24-14-15-26(21-7-3-2-6-20(21)24)35-36-27-17-16-25(22-8-4-5-9-23(22)27)34-33-19-12-10-18(11-13-19)28(29,30)31/h2-17H,1H2/b34-33+,36-35+. The van der Waals surface area contributed by atoms with Crippen LogP contribution in [0.25, 0.3) is 21.5 Å². The fourth-order valence-electron chi connectivity index (χ4n) is 3.87. The van der Waals surface area contributed by atoms with E-state index in [1.54, 1.807) is 12.1 Å². The van der Waals surface area contributed by atoms with Gasteiger partial charge in [-0.1, -0.05) is 48.5 Å². The van der Waals surface area contributed by atoms with Gasteiger partial charge in [0.1, 0.15) is 0 Å². The van der Waals surface area contributed by atoms with Crippen LogP contribution in [-0.4, -0.2) is 6.72 Å². The lowest BCUT2D eigenvalue weighted by atomic mass is 10.1. The van der Waals surface area contributed by atoms with E-state index in [9.17, 15) is 13.2 Å². The number of alkyl halides is 3. The van der Waals surface area contributed by atoms with Crippen LogP contribution >= 0.6 is 0 Å². The van der Waals surface area contributed by atoms with E-state index >= 15 is 0 Å². The van der Waals surface area contributed by atoms with Crippen molar-refractivity contribution in [1.82, 2.24) is 0 Å². The number of nitrogens with zero attached hydrogens (tertiary/aromatic N) is 5. The fraction of sp³-hybridized carbons (Fsp3) is 0.0357. The van der Waals surface area contributed by atoms with Crippen LogP contribution in [0, 0.1) is 0 Å². The minimum atomic E-state index is -4.40. The summed E-state index contributed by atoms with van der Waals surface area (Å²) in [5.41, 5.74) is 2.28. The maximum Gasteiger partial charge on any atom is 0.416 e. The second-order valence-corrected chi connectivity index (χ2v) is 7.90. The Morgan fingerprint density at radius 1 is 0.472 bits per heavy atom. The van der Waals surface area contributed by atoms with Crippen molar-refractivity contribution in [1.29, 1.82) is 0 Å². The van der Waals surface area contributed by atoms with E-state index in [0.29, 0.717) is 22.7 Å². The Morgan fingerprint density at radius 3 is 1.28 bits per heavy atom. The summed E-state index contributed by atoms with van der Waals surface area (Å²) in [6, 6.07) is 27.1. The first kappa shape index (κ1) is 23.0. The zero-order valence-electron chi connectivity index (χ0n) is 18.8. The molecular weight excluding hydrogens is 463 g/mol. The van der Waals surface area contributed by atoms with Gasteiger partial charge in [-0.2, -0.15) is 18.3 Å². The molecule has 5 rings (SSSR count). The van der Waals surface area contributed by atoms with Gasteiger partial charge in [0.2, 0.25) is 0 Å². The number of halogens is 3. The summed E-state index contributed by atoms with van der Waals surface area (Å²) >= 11 is 0. The second kappa shape index (κ2) is 9.50. The summed E-state index contributed by atoms with van der Waals surface area (Å²) in [6.07, 6.45) is -4.40. The number of fused-ring (bicyclic) bond motifs is 2. The largest absolute Gasteiger partial charge is 0.416 e. The van der Waals surface area contributed by atoms with Crippen LogP contribution in [0.3, 0.4) is 0 Å². The third-order valence-corrected chi connectivity index (χ3v) is 5.66. The Morgan fingerprint density at radius 2 is 0.861 bits per heavy atom. The fourth-order valence-corrected chi connectivity index (χ4v) is 3.87. The molecule has 5 aromatic rings. The van der Waals surface area contributed by atoms with E-state index in [0.717, 1.165) is 39.4 Å². The highest BCUT2D eigenvalue weighted by Crippen LogP contribution is 2.38. The Bertz CT molecular complexity index is 1640. The average Bonchev–Trinajstić information content (AvgIpc) is 2.90. The molecule has 0 N–H and O–H groups in total. The maximum absolute atomic E-state index is 12.8. The van der Waals surface area contributed by atoms with Gasteiger partial charge in [-0.05, 0) is 55.2 Å². The Kier molecular flexibility index (Phi) is 6.08. The zero-order chi connectivity index (χ0) is 25.1. The number of aliphatic imine (C=N–C) groups is 1. The molecule has 5 aromatic carbocycles.